The standard InChI is InChI=1S/C15H13F2N/c16-15(17)11-14(12-7-3-1-4-8-12)18-13-9-5-2-6-10-13/h1-11,14,18H/t14-/m1/s1. The summed E-state index contributed by atoms with van der Waals surface area (Å²) in [4.78, 5) is 0. The Morgan fingerprint density at radius 3 is 2.00 bits per heavy atom. The van der Waals surface area contributed by atoms with Crippen LogP contribution in [0.15, 0.2) is 72.8 Å². The smallest absolute Gasteiger partial charge is 0.268 e. The zero-order valence-electron chi connectivity index (χ0n) is 9.68. The van der Waals surface area contributed by atoms with Gasteiger partial charge in [-0.2, -0.15) is 8.78 Å². The minimum absolute atomic E-state index is 0.529. The maximum atomic E-state index is 12.5. The van der Waals surface area contributed by atoms with E-state index in [0.29, 0.717) is 0 Å². The molecule has 0 saturated carbocycles. The second kappa shape index (κ2) is 5.96. The first-order valence-corrected chi connectivity index (χ1v) is 5.65. The fourth-order valence-electron chi connectivity index (χ4n) is 1.72. The van der Waals surface area contributed by atoms with E-state index in [9.17, 15) is 8.78 Å². The van der Waals surface area contributed by atoms with Crippen LogP contribution in [0.5, 0.6) is 0 Å². The van der Waals surface area contributed by atoms with E-state index in [2.05, 4.69) is 5.32 Å². The molecule has 0 unspecified atom stereocenters. The lowest BCUT2D eigenvalue weighted by Crippen LogP contribution is -2.08. The molecule has 92 valence electrons. The van der Waals surface area contributed by atoms with Crippen molar-refractivity contribution in [3.05, 3.63) is 78.4 Å². The Labute approximate surface area is 105 Å². The van der Waals surface area contributed by atoms with Gasteiger partial charge in [-0.25, -0.2) is 0 Å². The molecule has 2 aromatic carbocycles. The Kier molecular flexibility index (Phi) is 4.07. The van der Waals surface area contributed by atoms with Crippen molar-refractivity contribution in [2.45, 2.75) is 6.04 Å². The van der Waals surface area contributed by atoms with E-state index in [-0.39, 0.29) is 0 Å². The molecule has 0 aliphatic carbocycles. The fourth-order valence-corrected chi connectivity index (χ4v) is 1.72. The molecule has 1 atom stereocenters. The minimum Gasteiger partial charge on any atom is -0.375 e. The second-order valence-corrected chi connectivity index (χ2v) is 3.86. The van der Waals surface area contributed by atoms with Crippen LogP contribution in [0, 0.1) is 0 Å². The van der Waals surface area contributed by atoms with Crippen molar-refractivity contribution >= 4 is 5.69 Å². The molecule has 3 heteroatoms. The van der Waals surface area contributed by atoms with E-state index < -0.39 is 12.1 Å². The van der Waals surface area contributed by atoms with Crippen molar-refractivity contribution in [3.8, 4) is 0 Å². The van der Waals surface area contributed by atoms with Crippen LogP contribution in [-0.2, 0) is 0 Å². The molecule has 0 aliphatic heterocycles. The Morgan fingerprint density at radius 2 is 1.44 bits per heavy atom. The molecule has 2 rings (SSSR count). The summed E-state index contributed by atoms with van der Waals surface area (Å²) < 4.78 is 25.0. The van der Waals surface area contributed by atoms with Gasteiger partial charge in [-0.05, 0) is 17.7 Å². The third-order valence-electron chi connectivity index (χ3n) is 2.55. The first kappa shape index (κ1) is 12.3. The molecular formula is C15H13F2N. The molecular weight excluding hydrogens is 232 g/mol. The zero-order chi connectivity index (χ0) is 12.8. The number of anilines is 1. The second-order valence-electron chi connectivity index (χ2n) is 3.86. The van der Waals surface area contributed by atoms with Crippen molar-refractivity contribution in [3.63, 3.8) is 0 Å². The number of rotatable bonds is 4. The topological polar surface area (TPSA) is 12.0 Å². The van der Waals surface area contributed by atoms with Crippen molar-refractivity contribution in [1.29, 1.82) is 0 Å². The summed E-state index contributed by atoms with van der Waals surface area (Å²) in [6.45, 7) is 0. The molecule has 0 aromatic heterocycles. The van der Waals surface area contributed by atoms with Gasteiger partial charge in [0.1, 0.15) is 0 Å². The molecule has 0 amide bonds. The summed E-state index contributed by atoms with van der Waals surface area (Å²) >= 11 is 0. The number of hydrogen-bond acceptors (Lipinski definition) is 1. The first-order valence-electron chi connectivity index (χ1n) is 5.65. The van der Waals surface area contributed by atoms with Crippen molar-refractivity contribution in [1.82, 2.24) is 0 Å². The number of para-hydroxylation sites is 1. The highest BCUT2D eigenvalue weighted by atomic mass is 19.3. The highest BCUT2D eigenvalue weighted by Crippen LogP contribution is 2.22. The van der Waals surface area contributed by atoms with Crippen LogP contribution in [0.4, 0.5) is 14.5 Å². The van der Waals surface area contributed by atoms with Gasteiger partial charge in [0.05, 0.1) is 6.04 Å². The fraction of sp³-hybridized carbons (Fsp3) is 0.0667. The lowest BCUT2D eigenvalue weighted by molar-refractivity contribution is 0.416. The SMILES string of the molecule is FC(F)=C[C@@H](Nc1ccccc1)c1ccccc1. The summed E-state index contributed by atoms with van der Waals surface area (Å²) in [5.74, 6) is 0. The van der Waals surface area contributed by atoms with Gasteiger partial charge in [0.15, 0.2) is 0 Å². The molecule has 0 bridgehead atoms. The Hall–Kier alpha value is -2.16. The van der Waals surface area contributed by atoms with Crippen LogP contribution in [0.1, 0.15) is 11.6 Å². The summed E-state index contributed by atoms with van der Waals surface area (Å²) in [7, 11) is 0. The largest absolute Gasteiger partial charge is 0.375 e. The average molecular weight is 245 g/mol. The highest BCUT2D eigenvalue weighted by molar-refractivity contribution is 5.46. The Morgan fingerprint density at radius 1 is 0.889 bits per heavy atom. The molecule has 0 radical (unpaired) electrons. The van der Waals surface area contributed by atoms with E-state index >= 15 is 0 Å². The van der Waals surface area contributed by atoms with Crippen LogP contribution in [0.3, 0.4) is 0 Å². The molecule has 0 spiro atoms. The normalized spacial score (nSPS) is 11.7. The number of benzene rings is 2. The van der Waals surface area contributed by atoms with E-state index in [0.717, 1.165) is 17.3 Å². The van der Waals surface area contributed by atoms with Gasteiger partial charge >= 0.3 is 0 Å². The van der Waals surface area contributed by atoms with Gasteiger partial charge in [-0.3, -0.25) is 0 Å². The molecule has 2 aromatic rings. The first-order chi connectivity index (χ1) is 8.75. The van der Waals surface area contributed by atoms with Crippen molar-refractivity contribution < 1.29 is 8.78 Å². The molecule has 0 aliphatic rings. The predicted molar refractivity (Wildman–Crippen MR) is 69.5 cm³/mol. The lowest BCUT2D eigenvalue weighted by Gasteiger charge is -2.16. The van der Waals surface area contributed by atoms with E-state index in [1.807, 2.05) is 60.7 Å². The molecule has 0 fully saturated rings. The van der Waals surface area contributed by atoms with Crippen LogP contribution in [-0.4, -0.2) is 0 Å². The van der Waals surface area contributed by atoms with E-state index in [4.69, 9.17) is 0 Å². The van der Waals surface area contributed by atoms with Crippen LogP contribution in [0.2, 0.25) is 0 Å². The van der Waals surface area contributed by atoms with Gasteiger partial charge in [0, 0.05) is 11.8 Å². The quantitative estimate of drug-likeness (QED) is 0.828. The number of halogens is 2. The van der Waals surface area contributed by atoms with E-state index in [1.165, 1.54) is 0 Å². The summed E-state index contributed by atoms with van der Waals surface area (Å²) in [5, 5.41) is 3.07. The van der Waals surface area contributed by atoms with Crippen molar-refractivity contribution in [2.75, 3.05) is 5.32 Å². The maximum absolute atomic E-state index is 12.5. The van der Waals surface area contributed by atoms with Crippen LogP contribution in [0.25, 0.3) is 0 Å². The van der Waals surface area contributed by atoms with Gasteiger partial charge in [0.25, 0.3) is 6.08 Å². The molecule has 1 N–H and O–H groups in total. The monoisotopic (exact) mass is 245 g/mol. The molecule has 18 heavy (non-hydrogen) atoms. The van der Waals surface area contributed by atoms with Crippen LogP contribution < -0.4 is 5.32 Å². The maximum Gasteiger partial charge on any atom is 0.268 e. The number of hydrogen-bond donors (Lipinski definition) is 1. The summed E-state index contributed by atoms with van der Waals surface area (Å²) in [5.41, 5.74) is 1.61. The molecule has 0 saturated heterocycles. The summed E-state index contributed by atoms with van der Waals surface area (Å²) in [6.07, 6.45) is -0.769. The van der Waals surface area contributed by atoms with Gasteiger partial charge in [-0.15, -0.1) is 0 Å². The third-order valence-corrected chi connectivity index (χ3v) is 2.55. The lowest BCUT2D eigenvalue weighted by atomic mass is 10.1. The molecule has 0 heterocycles. The zero-order valence-corrected chi connectivity index (χ0v) is 9.68. The van der Waals surface area contributed by atoms with Crippen LogP contribution >= 0.6 is 0 Å². The van der Waals surface area contributed by atoms with Gasteiger partial charge in [-0.1, -0.05) is 48.5 Å². The van der Waals surface area contributed by atoms with Gasteiger partial charge < -0.3 is 5.32 Å². The van der Waals surface area contributed by atoms with Crippen molar-refractivity contribution in [2.24, 2.45) is 0 Å². The summed E-state index contributed by atoms with van der Waals surface area (Å²) in [6, 6.07) is 17.9. The third kappa shape index (κ3) is 3.42. The Bertz CT molecular complexity index is 505. The highest BCUT2D eigenvalue weighted by Gasteiger charge is 2.09. The minimum atomic E-state index is -1.69. The number of nitrogens with one attached hydrogen (secondary N) is 1. The predicted octanol–water partition coefficient (Wildman–Crippen LogP) is 4.62. The average Bonchev–Trinajstić information content (AvgIpc) is 2.40. The van der Waals surface area contributed by atoms with E-state index in [1.54, 1.807) is 0 Å². The van der Waals surface area contributed by atoms with Gasteiger partial charge in [0.2, 0.25) is 0 Å². The Balaban J connectivity index is 2.24. The molecule has 1 nitrogen and oxygen atoms in total.